The number of piperidine rings is 1. The van der Waals surface area contributed by atoms with E-state index in [0.717, 1.165) is 31.9 Å². The van der Waals surface area contributed by atoms with Crippen molar-refractivity contribution in [3.63, 3.8) is 0 Å². The molecule has 164 valence electrons. The first-order valence-electron chi connectivity index (χ1n) is 9.47. The van der Waals surface area contributed by atoms with Gasteiger partial charge in [0.25, 0.3) is 0 Å². The normalized spacial score (nSPS) is 18.0. The predicted octanol–water partition coefficient (Wildman–Crippen LogP) is 2.90. The van der Waals surface area contributed by atoms with Crippen LogP contribution >= 0.6 is 47.2 Å². The first-order chi connectivity index (χ1) is 13.4. The summed E-state index contributed by atoms with van der Waals surface area (Å²) in [6, 6.07) is 5.10. The maximum atomic E-state index is 11.2. The monoisotopic (exact) mass is 558 g/mol. The lowest BCUT2D eigenvalue weighted by Crippen LogP contribution is -2.47. The molecule has 2 rings (SSSR count). The molecule has 1 aromatic rings. The average molecular weight is 559 g/mol. The Kier molecular flexibility index (Phi) is 12.0. The van der Waals surface area contributed by atoms with Crippen molar-refractivity contribution in [3.05, 3.63) is 28.2 Å². The molecular weight excluding hydrogens is 530 g/mol. The Balaban J connectivity index is 0.00000420. The number of nitrogens with two attached hydrogens (primary N) is 1. The van der Waals surface area contributed by atoms with E-state index < -0.39 is 6.10 Å². The van der Waals surface area contributed by atoms with E-state index in [1.165, 1.54) is 0 Å². The summed E-state index contributed by atoms with van der Waals surface area (Å²) in [5, 5.41) is 14.2. The fraction of sp³-hybridized carbons (Fsp3) is 0.579. The smallest absolute Gasteiger partial charge is 0.217 e. The van der Waals surface area contributed by atoms with Gasteiger partial charge in [-0.3, -0.25) is 9.79 Å². The quantitative estimate of drug-likeness (QED) is 0.259. The molecule has 4 N–H and O–H groups in total. The molecule has 1 aliphatic heterocycles. The number of nitrogens with one attached hydrogen (secondary N) is 1. The van der Waals surface area contributed by atoms with Gasteiger partial charge in [0, 0.05) is 26.1 Å². The number of amides is 1. The number of aliphatic hydroxyl groups is 1. The number of carbonyl (C=O) groups is 1. The van der Waals surface area contributed by atoms with Crippen molar-refractivity contribution in [1.29, 1.82) is 0 Å². The van der Waals surface area contributed by atoms with Gasteiger partial charge in [-0.15, -0.1) is 24.0 Å². The summed E-state index contributed by atoms with van der Waals surface area (Å²) in [7, 11) is 0. The number of hydrogen-bond acceptors (Lipinski definition) is 4. The zero-order valence-corrected chi connectivity index (χ0v) is 20.3. The van der Waals surface area contributed by atoms with Gasteiger partial charge in [0.1, 0.15) is 23.5 Å². The number of rotatable bonds is 8. The van der Waals surface area contributed by atoms with Crippen molar-refractivity contribution in [2.75, 3.05) is 32.8 Å². The first kappa shape index (κ1) is 26.1. The van der Waals surface area contributed by atoms with E-state index in [4.69, 9.17) is 33.7 Å². The standard InChI is InChI=1S/C19H28Cl2N4O3.HI/c1-2-23-19(25-8-4-5-13(11-25)9-17(22)27)24-10-14(26)12-28-16-7-3-6-15(20)18(16)21;/h3,6-7,13-14,26H,2,4-5,8-12H2,1H3,(H2,22,27)(H,23,24);1H. The van der Waals surface area contributed by atoms with Gasteiger partial charge in [-0.1, -0.05) is 29.3 Å². The summed E-state index contributed by atoms with van der Waals surface area (Å²) in [5.41, 5.74) is 5.34. The maximum Gasteiger partial charge on any atom is 0.217 e. The summed E-state index contributed by atoms with van der Waals surface area (Å²) >= 11 is 12.0. The summed E-state index contributed by atoms with van der Waals surface area (Å²) < 4.78 is 5.56. The molecule has 0 spiro atoms. The lowest BCUT2D eigenvalue weighted by Gasteiger charge is -2.34. The zero-order chi connectivity index (χ0) is 20.5. The molecule has 1 aromatic carbocycles. The van der Waals surface area contributed by atoms with Crippen molar-refractivity contribution < 1.29 is 14.6 Å². The Morgan fingerprint density at radius 2 is 2.24 bits per heavy atom. The number of primary amides is 1. The third-order valence-corrected chi connectivity index (χ3v) is 5.24. The number of ether oxygens (including phenoxy) is 1. The van der Waals surface area contributed by atoms with E-state index in [-0.39, 0.29) is 49.0 Å². The number of aliphatic hydroxyl groups excluding tert-OH is 1. The van der Waals surface area contributed by atoms with Gasteiger partial charge >= 0.3 is 0 Å². The number of likely N-dealkylation sites (tertiary alicyclic amines) is 1. The van der Waals surface area contributed by atoms with Crippen molar-refractivity contribution in [2.24, 2.45) is 16.6 Å². The van der Waals surface area contributed by atoms with Crippen molar-refractivity contribution in [2.45, 2.75) is 32.3 Å². The van der Waals surface area contributed by atoms with E-state index in [9.17, 15) is 9.90 Å². The van der Waals surface area contributed by atoms with Gasteiger partial charge in [0.15, 0.2) is 5.96 Å². The summed E-state index contributed by atoms with van der Waals surface area (Å²) in [6.07, 6.45) is 1.54. The number of hydrogen-bond donors (Lipinski definition) is 3. The molecule has 2 atom stereocenters. The molecule has 7 nitrogen and oxygen atoms in total. The number of benzene rings is 1. The fourth-order valence-electron chi connectivity index (χ4n) is 3.16. The molecule has 1 amide bonds. The molecule has 10 heteroatoms. The Bertz CT molecular complexity index is 693. The van der Waals surface area contributed by atoms with Crippen LogP contribution in [0.1, 0.15) is 26.2 Å². The second-order valence-corrected chi connectivity index (χ2v) is 7.62. The van der Waals surface area contributed by atoms with Crippen LogP contribution in [0.15, 0.2) is 23.2 Å². The van der Waals surface area contributed by atoms with E-state index >= 15 is 0 Å². The minimum atomic E-state index is -0.796. The molecule has 1 fully saturated rings. The number of carbonyl (C=O) groups excluding carboxylic acids is 1. The van der Waals surface area contributed by atoms with Crippen molar-refractivity contribution >= 4 is 59.0 Å². The third-order valence-electron chi connectivity index (χ3n) is 4.44. The highest BCUT2D eigenvalue weighted by Gasteiger charge is 2.23. The molecule has 29 heavy (non-hydrogen) atoms. The van der Waals surface area contributed by atoms with Crippen LogP contribution in [0.5, 0.6) is 5.75 Å². The van der Waals surface area contributed by atoms with Crippen LogP contribution in [0.25, 0.3) is 0 Å². The van der Waals surface area contributed by atoms with Crippen LogP contribution in [-0.4, -0.2) is 60.8 Å². The van der Waals surface area contributed by atoms with Crippen molar-refractivity contribution in [1.82, 2.24) is 10.2 Å². The van der Waals surface area contributed by atoms with Gasteiger partial charge in [-0.25, -0.2) is 0 Å². The summed E-state index contributed by atoms with van der Waals surface area (Å²) in [6.45, 7) is 4.50. The summed E-state index contributed by atoms with van der Waals surface area (Å²) in [5.74, 6) is 1.10. The topological polar surface area (TPSA) is 100 Å². The predicted molar refractivity (Wildman–Crippen MR) is 127 cm³/mol. The largest absolute Gasteiger partial charge is 0.489 e. The molecule has 1 saturated heterocycles. The number of nitrogens with zero attached hydrogens (tertiary/aromatic N) is 2. The van der Waals surface area contributed by atoms with E-state index in [2.05, 4.69) is 15.2 Å². The van der Waals surface area contributed by atoms with Crippen LogP contribution in [0.2, 0.25) is 10.0 Å². The van der Waals surface area contributed by atoms with Crippen LogP contribution in [0.4, 0.5) is 0 Å². The van der Waals surface area contributed by atoms with Crippen LogP contribution < -0.4 is 15.8 Å². The Hall–Kier alpha value is -0.970. The van der Waals surface area contributed by atoms with Crippen LogP contribution in [-0.2, 0) is 4.79 Å². The van der Waals surface area contributed by atoms with Gasteiger partial charge in [0.05, 0.1) is 11.6 Å². The second-order valence-electron chi connectivity index (χ2n) is 6.84. The van der Waals surface area contributed by atoms with Gasteiger partial charge in [0.2, 0.25) is 5.91 Å². The van der Waals surface area contributed by atoms with Crippen molar-refractivity contribution in [3.8, 4) is 5.75 Å². The molecule has 1 aliphatic rings. The SMILES string of the molecule is CCNC(=NCC(O)COc1cccc(Cl)c1Cl)N1CCCC(CC(N)=O)C1.I. The first-order valence-corrected chi connectivity index (χ1v) is 10.2. The molecule has 1 heterocycles. The Labute approximate surface area is 199 Å². The average Bonchev–Trinajstić information content (AvgIpc) is 2.66. The molecule has 0 saturated carbocycles. The highest BCUT2D eigenvalue weighted by molar-refractivity contribution is 14.0. The Morgan fingerprint density at radius 1 is 1.48 bits per heavy atom. The molecule has 2 unspecified atom stereocenters. The Morgan fingerprint density at radius 3 is 2.93 bits per heavy atom. The second kappa shape index (κ2) is 13.4. The zero-order valence-electron chi connectivity index (χ0n) is 16.4. The minimum Gasteiger partial charge on any atom is -0.489 e. The molecule has 0 aromatic heterocycles. The lowest BCUT2D eigenvalue weighted by atomic mass is 9.95. The molecule has 0 aliphatic carbocycles. The highest BCUT2D eigenvalue weighted by Crippen LogP contribution is 2.31. The number of aliphatic imine (C=N–C) groups is 1. The molecule has 0 bridgehead atoms. The van der Waals surface area contributed by atoms with E-state index in [1.807, 2.05) is 6.92 Å². The molecule has 0 radical (unpaired) electrons. The highest BCUT2D eigenvalue weighted by atomic mass is 127. The minimum absolute atomic E-state index is 0. The maximum absolute atomic E-state index is 11.2. The van der Waals surface area contributed by atoms with E-state index in [1.54, 1.807) is 18.2 Å². The van der Waals surface area contributed by atoms with Gasteiger partial charge in [-0.05, 0) is 37.8 Å². The number of guanidine groups is 1. The van der Waals surface area contributed by atoms with E-state index in [0.29, 0.717) is 28.8 Å². The van der Waals surface area contributed by atoms with Crippen LogP contribution in [0.3, 0.4) is 0 Å². The van der Waals surface area contributed by atoms with Gasteiger partial charge in [-0.2, -0.15) is 0 Å². The third kappa shape index (κ3) is 8.74. The summed E-state index contributed by atoms with van der Waals surface area (Å²) in [4.78, 5) is 17.9. The fourth-order valence-corrected chi connectivity index (χ4v) is 3.51. The lowest BCUT2D eigenvalue weighted by molar-refractivity contribution is -0.119. The molecular formula is C19H29Cl2IN4O3. The van der Waals surface area contributed by atoms with Crippen LogP contribution in [0, 0.1) is 5.92 Å². The van der Waals surface area contributed by atoms with Gasteiger partial charge < -0.3 is 25.8 Å². The number of halogens is 3.